The molecule has 0 heterocycles. The van der Waals surface area contributed by atoms with Crippen molar-refractivity contribution in [2.45, 2.75) is 26.2 Å². The Bertz CT molecular complexity index is 286. The van der Waals surface area contributed by atoms with E-state index >= 15 is 0 Å². The highest BCUT2D eigenvalue weighted by atomic mass is 16.1. The lowest BCUT2D eigenvalue weighted by molar-refractivity contribution is -0.108. The average molecular weight is 205 g/mol. The third-order valence-corrected chi connectivity index (χ3v) is 2.44. The molecule has 1 aliphatic carbocycles. The molecule has 0 unspecified atom stereocenters. The fourth-order valence-electron chi connectivity index (χ4n) is 1.18. The number of aldehydes is 1. The van der Waals surface area contributed by atoms with Gasteiger partial charge in [0.25, 0.3) is 0 Å². The summed E-state index contributed by atoms with van der Waals surface area (Å²) < 4.78 is 0. The Morgan fingerprint density at radius 3 is 2.60 bits per heavy atom. The van der Waals surface area contributed by atoms with E-state index in [9.17, 15) is 4.79 Å². The normalized spacial score (nSPS) is 13.7. The Balaban J connectivity index is 0.000000187. The van der Waals surface area contributed by atoms with E-state index < -0.39 is 0 Å². The minimum Gasteiger partial charge on any atom is -0.388 e. The van der Waals surface area contributed by atoms with Crippen LogP contribution in [0.15, 0.2) is 24.3 Å². The highest BCUT2D eigenvalue weighted by Crippen LogP contribution is 2.25. The molecule has 0 bridgehead atoms. The molecule has 1 fully saturated rings. The number of nitrogens with one attached hydrogen (secondary N) is 1. The van der Waals surface area contributed by atoms with Gasteiger partial charge in [-0.1, -0.05) is 19.1 Å². The molecule has 1 aliphatic rings. The number of rotatable bonds is 3. The number of aryl methyl sites for hydroxylation is 1. The summed E-state index contributed by atoms with van der Waals surface area (Å²) in [6.07, 6.45) is 4.42. The summed E-state index contributed by atoms with van der Waals surface area (Å²) >= 11 is 0. The van der Waals surface area contributed by atoms with Gasteiger partial charge in [-0.25, -0.2) is 0 Å². The summed E-state index contributed by atoms with van der Waals surface area (Å²) in [6, 6.07) is 8.45. The number of carbonyl (C=O) groups excluding carboxylic acids is 1. The Labute approximate surface area is 91.7 Å². The molecule has 2 nitrogen and oxygen atoms in total. The molecular formula is C13H19NO. The van der Waals surface area contributed by atoms with Crippen molar-refractivity contribution in [3.63, 3.8) is 0 Å². The van der Waals surface area contributed by atoms with Crippen LogP contribution in [-0.2, 0) is 11.2 Å². The van der Waals surface area contributed by atoms with Crippen LogP contribution in [0.25, 0.3) is 0 Å². The molecule has 0 saturated heterocycles. The fourth-order valence-corrected chi connectivity index (χ4v) is 1.18. The number of hydrogen-bond donors (Lipinski definition) is 1. The zero-order chi connectivity index (χ0) is 11.1. The maximum absolute atomic E-state index is 9.57. The van der Waals surface area contributed by atoms with Crippen LogP contribution < -0.4 is 5.32 Å². The highest BCUT2D eigenvalue weighted by Gasteiger charge is 2.18. The number of hydrogen-bond acceptors (Lipinski definition) is 2. The van der Waals surface area contributed by atoms with Gasteiger partial charge in [-0.15, -0.1) is 0 Å². The first-order chi connectivity index (χ1) is 7.30. The minimum atomic E-state index is 0.454. The van der Waals surface area contributed by atoms with E-state index in [2.05, 4.69) is 36.5 Å². The second-order valence-corrected chi connectivity index (χ2v) is 3.78. The zero-order valence-corrected chi connectivity index (χ0v) is 9.49. The van der Waals surface area contributed by atoms with Crippen molar-refractivity contribution in [2.75, 3.05) is 12.4 Å². The zero-order valence-electron chi connectivity index (χ0n) is 9.49. The summed E-state index contributed by atoms with van der Waals surface area (Å²) in [4.78, 5) is 9.57. The Morgan fingerprint density at radius 1 is 1.47 bits per heavy atom. The largest absolute Gasteiger partial charge is 0.388 e. The van der Waals surface area contributed by atoms with E-state index in [0.717, 1.165) is 25.5 Å². The van der Waals surface area contributed by atoms with Crippen LogP contribution >= 0.6 is 0 Å². The van der Waals surface area contributed by atoms with Crippen molar-refractivity contribution in [1.82, 2.24) is 0 Å². The van der Waals surface area contributed by atoms with Crippen molar-refractivity contribution in [1.29, 1.82) is 0 Å². The lowest BCUT2D eigenvalue weighted by Gasteiger charge is -2.00. The number of benzene rings is 1. The molecule has 1 saturated carbocycles. The van der Waals surface area contributed by atoms with Crippen molar-refractivity contribution in [3.05, 3.63) is 29.8 Å². The third-order valence-electron chi connectivity index (χ3n) is 2.44. The van der Waals surface area contributed by atoms with E-state index in [-0.39, 0.29) is 0 Å². The smallest absolute Gasteiger partial charge is 0.123 e. The quantitative estimate of drug-likeness (QED) is 0.769. The summed E-state index contributed by atoms with van der Waals surface area (Å²) in [5.41, 5.74) is 2.58. The molecule has 1 N–H and O–H groups in total. The molecule has 0 aliphatic heterocycles. The average Bonchev–Trinajstić information content (AvgIpc) is 3.13. The molecule has 2 heteroatoms. The fraction of sp³-hybridized carbons (Fsp3) is 0.462. The van der Waals surface area contributed by atoms with Crippen LogP contribution in [0.3, 0.4) is 0 Å². The molecule has 1 aromatic rings. The van der Waals surface area contributed by atoms with Gasteiger partial charge < -0.3 is 10.1 Å². The molecule has 0 spiro atoms. The molecule has 82 valence electrons. The predicted octanol–water partition coefficient (Wildman–Crippen LogP) is 2.89. The van der Waals surface area contributed by atoms with Gasteiger partial charge in [0, 0.05) is 18.7 Å². The maximum Gasteiger partial charge on any atom is 0.123 e. The maximum atomic E-state index is 9.57. The Morgan fingerprint density at radius 2 is 2.20 bits per heavy atom. The van der Waals surface area contributed by atoms with Gasteiger partial charge in [-0.05, 0) is 37.0 Å². The molecule has 0 amide bonds. The third kappa shape index (κ3) is 4.63. The van der Waals surface area contributed by atoms with E-state index in [0.29, 0.717) is 5.92 Å². The number of carbonyl (C=O) groups is 1. The first kappa shape index (κ1) is 11.8. The second kappa shape index (κ2) is 6.23. The van der Waals surface area contributed by atoms with Crippen LogP contribution in [0.1, 0.15) is 25.3 Å². The van der Waals surface area contributed by atoms with Gasteiger partial charge in [0.2, 0.25) is 0 Å². The monoisotopic (exact) mass is 205 g/mol. The van der Waals surface area contributed by atoms with E-state index in [1.54, 1.807) is 0 Å². The molecule has 0 radical (unpaired) electrons. The van der Waals surface area contributed by atoms with Gasteiger partial charge >= 0.3 is 0 Å². The summed E-state index contributed by atoms with van der Waals surface area (Å²) in [5, 5.41) is 3.10. The summed E-state index contributed by atoms with van der Waals surface area (Å²) in [6.45, 7) is 2.16. The van der Waals surface area contributed by atoms with Crippen LogP contribution in [0.5, 0.6) is 0 Å². The van der Waals surface area contributed by atoms with Gasteiger partial charge in [0.1, 0.15) is 6.29 Å². The van der Waals surface area contributed by atoms with E-state index in [1.165, 1.54) is 11.3 Å². The van der Waals surface area contributed by atoms with Crippen LogP contribution in [0.4, 0.5) is 5.69 Å². The van der Waals surface area contributed by atoms with E-state index in [1.807, 2.05) is 7.05 Å². The van der Waals surface area contributed by atoms with Gasteiger partial charge in [0.05, 0.1) is 0 Å². The first-order valence-corrected chi connectivity index (χ1v) is 5.52. The highest BCUT2D eigenvalue weighted by molar-refractivity contribution is 5.56. The molecule has 15 heavy (non-hydrogen) atoms. The van der Waals surface area contributed by atoms with Crippen LogP contribution in [0, 0.1) is 5.92 Å². The van der Waals surface area contributed by atoms with Gasteiger partial charge in [-0.2, -0.15) is 0 Å². The summed E-state index contributed by atoms with van der Waals surface area (Å²) in [7, 11) is 1.94. The molecule has 1 aromatic carbocycles. The van der Waals surface area contributed by atoms with Crippen molar-refractivity contribution >= 4 is 12.0 Å². The molecule has 0 atom stereocenters. The SMILES string of the molecule is CCc1cccc(NC)c1.O=CC1CC1. The Hall–Kier alpha value is -1.31. The second-order valence-electron chi connectivity index (χ2n) is 3.78. The standard InChI is InChI=1S/C9H13N.C4H6O/c1-3-8-5-4-6-9(7-8)10-2;5-3-4-1-2-4/h4-7,10H,3H2,1-2H3;3-4H,1-2H2. The first-order valence-electron chi connectivity index (χ1n) is 5.52. The molecule has 0 aromatic heterocycles. The van der Waals surface area contributed by atoms with E-state index in [4.69, 9.17) is 0 Å². The van der Waals surface area contributed by atoms with Crippen LogP contribution in [-0.4, -0.2) is 13.3 Å². The lowest BCUT2D eigenvalue weighted by atomic mass is 10.1. The summed E-state index contributed by atoms with van der Waals surface area (Å²) in [5.74, 6) is 0.454. The van der Waals surface area contributed by atoms with Crippen molar-refractivity contribution in [2.24, 2.45) is 5.92 Å². The van der Waals surface area contributed by atoms with Crippen LogP contribution in [0.2, 0.25) is 0 Å². The Kier molecular flexibility index (Phi) is 4.88. The number of anilines is 1. The minimum absolute atomic E-state index is 0.454. The lowest BCUT2D eigenvalue weighted by Crippen LogP contribution is -1.88. The van der Waals surface area contributed by atoms with Crippen molar-refractivity contribution in [3.8, 4) is 0 Å². The van der Waals surface area contributed by atoms with Gasteiger partial charge in [0.15, 0.2) is 0 Å². The molecular weight excluding hydrogens is 186 g/mol. The van der Waals surface area contributed by atoms with Crippen molar-refractivity contribution < 1.29 is 4.79 Å². The topological polar surface area (TPSA) is 29.1 Å². The van der Waals surface area contributed by atoms with Gasteiger partial charge in [-0.3, -0.25) is 0 Å². The predicted molar refractivity (Wildman–Crippen MR) is 64.2 cm³/mol. The molecule has 2 rings (SSSR count).